The molecule has 1 rings (SSSR count). The molecule has 1 heterocycles. The fourth-order valence-electron chi connectivity index (χ4n) is 1.40. The Bertz CT molecular complexity index is 295. The molecule has 0 saturated carbocycles. The third-order valence-corrected chi connectivity index (χ3v) is 2.14. The van der Waals surface area contributed by atoms with Gasteiger partial charge in [0.25, 0.3) is 0 Å². The maximum Gasteiger partial charge on any atom is 0.221 e. The molecule has 1 unspecified atom stereocenters. The van der Waals surface area contributed by atoms with E-state index < -0.39 is 0 Å². The average Bonchev–Trinajstić information content (AvgIpc) is 2.28. The number of hydrogen-bond acceptors (Lipinski definition) is 5. The van der Waals surface area contributed by atoms with Gasteiger partial charge in [0.15, 0.2) is 0 Å². The standard InChI is InChI=1S/C10H16N2O3/c1-14-8-3-5-12-10(15-2)9(8)7(11)4-6-13/h3,5,7,13H,4,6,11H2,1-2H3. The Morgan fingerprint density at radius 2 is 2.20 bits per heavy atom. The van der Waals surface area contributed by atoms with Crippen LogP contribution < -0.4 is 15.2 Å². The highest BCUT2D eigenvalue weighted by molar-refractivity contribution is 5.42. The highest BCUT2D eigenvalue weighted by atomic mass is 16.5. The van der Waals surface area contributed by atoms with E-state index in [0.29, 0.717) is 23.6 Å². The number of nitrogens with two attached hydrogens (primary N) is 1. The molecule has 1 aromatic rings. The van der Waals surface area contributed by atoms with Crippen LogP contribution in [0, 0.1) is 0 Å². The Morgan fingerprint density at radius 3 is 2.73 bits per heavy atom. The highest BCUT2D eigenvalue weighted by Crippen LogP contribution is 2.32. The Morgan fingerprint density at radius 1 is 1.47 bits per heavy atom. The molecule has 0 aliphatic heterocycles. The van der Waals surface area contributed by atoms with Crippen LogP contribution in [0.2, 0.25) is 0 Å². The van der Waals surface area contributed by atoms with Gasteiger partial charge in [0.05, 0.1) is 19.8 Å². The number of hydrogen-bond donors (Lipinski definition) is 2. The number of nitrogens with zero attached hydrogens (tertiary/aromatic N) is 1. The zero-order valence-electron chi connectivity index (χ0n) is 8.93. The van der Waals surface area contributed by atoms with Crippen molar-refractivity contribution in [1.82, 2.24) is 4.98 Å². The summed E-state index contributed by atoms with van der Waals surface area (Å²) in [6.45, 7) is 0.0162. The van der Waals surface area contributed by atoms with Gasteiger partial charge >= 0.3 is 0 Å². The molecule has 5 heteroatoms. The van der Waals surface area contributed by atoms with E-state index in [1.54, 1.807) is 19.4 Å². The van der Waals surface area contributed by atoms with Crippen molar-refractivity contribution >= 4 is 0 Å². The van der Waals surface area contributed by atoms with Crippen LogP contribution in [0.1, 0.15) is 18.0 Å². The summed E-state index contributed by atoms with van der Waals surface area (Å²) < 4.78 is 10.3. The van der Waals surface area contributed by atoms with Crippen LogP contribution in [-0.4, -0.2) is 30.9 Å². The van der Waals surface area contributed by atoms with E-state index >= 15 is 0 Å². The number of aromatic nitrogens is 1. The summed E-state index contributed by atoms with van der Waals surface area (Å²) >= 11 is 0. The number of ether oxygens (including phenoxy) is 2. The van der Waals surface area contributed by atoms with Crippen LogP contribution >= 0.6 is 0 Å². The lowest BCUT2D eigenvalue weighted by atomic mass is 10.1. The molecular weight excluding hydrogens is 196 g/mol. The van der Waals surface area contributed by atoms with Gasteiger partial charge in [-0.05, 0) is 12.5 Å². The van der Waals surface area contributed by atoms with Crippen LogP contribution in [0.15, 0.2) is 12.3 Å². The largest absolute Gasteiger partial charge is 0.496 e. The lowest BCUT2D eigenvalue weighted by molar-refractivity contribution is 0.272. The molecule has 0 aliphatic carbocycles. The molecule has 0 spiro atoms. The molecule has 0 fully saturated rings. The minimum Gasteiger partial charge on any atom is -0.496 e. The summed E-state index contributed by atoms with van der Waals surface area (Å²) in [6.07, 6.45) is 2.03. The van der Waals surface area contributed by atoms with E-state index in [0.717, 1.165) is 0 Å². The van der Waals surface area contributed by atoms with Crippen molar-refractivity contribution < 1.29 is 14.6 Å². The predicted molar refractivity (Wildman–Crippen MR) is 56.0 cm³/mol. The van der Waals surface area contributed by atoms with Gasteiger partial charge in [-0.25, -0.2) is 4.98 Å². The number of methoxy groups -OCH3 is 2. The zero-order valence-corrected chi connectivity index (χ0v) is 8.93. The molecule has 3 N–H and O–H groups in total. The number of pyridine rings is 1. The summed E-state index contributed by atoms with van der Waals surface area (Å²) in [6, 6.07) is 1.38. The fraction of sp³-hybridized carbons (Fsp3) is 0.500. The van der Waals surface area contributed by atoms with Crippen molar-refractivity contribution in [3.8, 4) is 11.6 Å². The summed E-state index contributed by atoms with van der Waals surface area (Å²) in [4.78, 5) is 4.05. The third kappa shape index (κ3) is 2.57. The Labute approximate surface area is 88.8 Å². The summed E-state index contributed by atoms with van der Waals surface area (Å²) in [5, 5.41) is 8.84. The molecule has 0 radical (unpaired) electrons. The zero-order chi connectivity index (χ0) is 11.3. The highest BCUT2D eigenvalue weighted by Gasteiger charge is 2.17. The van der Waals surface area contributed by atoms with Crippen LogP contribution in [0.5, 0.6) is 11.6 Å². The van der Waals surface area contributed by atoms with E-state index in [1.165, 1.54) is 7.11 Å². The van der Waals surface area contributed by atoms with Gasteiger partial charge in [-0.2, -0.15) is 0 Å². The molecular formula is C10H16N2O3. The molecule has 0 bridgehead atoms. The van der Waals surface area contributed by atoms with E-state index in [-0.39, 0.29) is 12.6 Å². The summed E-state index contributed by atoms with van der Waals surface area (Å²) in [5.74, 6) is 1.07. The second-order valence-electron chi connectivity index (χ2n) is 3.05. The Balaban J connectivity index is 3.09. The van der Waals surface area contributed by atoms with Gasteiger partial charge in [0, 0.05) is 18.8 Å². The smallest absolute Gasteiger partial charge is 0.221 e. The normalized spacial score (nSPS) is 12.3. The minimum absolute atomic E-state index is 0.0162. The van der Waals surface area contributed by atoms with Crippen molar-refractivity contribution in [1.29, 1.82) is 0 Å². The monoisotopic (exact) mass is 212 g/mol. The average molecular weight is 212 g/mol. The quantitative estimate of drug-likeness (QED) is 0.742. The van der Waals surface area contributed by atoms with Crippen LogP contribution in [0.4, 0.5) is 0 Å². The Kier molecular flexibility index (Phi) is 4.33. The fourth-order valence-corrected chi connectivity index (χ4v) is 1.40. The number of aliphatic hydroxyl groups excluding tert-OH is 1. The Hall–Kier alpha value is -1.33. The number of rotatable bonds is 5. The second kappa shape index (κ2) is 5.53. The maximum absolute atomic E-state index is 8.84. The predicted octanol–water partition coefficient (Wildman–Crippen LogP) is 0.481. The van der Waals surface area contributed by atoms with Gasteiger partial charge in [-0.3, -0.25) is 0 Å². The minimum atomic E-state index is -0.339. The van der Waals surface area contributed by atoms with Gasteiger partial charge in [-0.15, -0.1) is 0 Å². The van der Waals surface area contributed by atoms with E-state index in [1.807, 2.05) is 0 Å². The maximum atomic E-state index is 8.84. The topological polar surface area (TPSA) is 77.6 Å². The first-order chi connectivity index (χ1) is 7.24. The molecule has 15 heavy (non-hydrogen) atoms. The summed E-state index contributed by atoms with van der Waals surface area (Å²) in [5.41, 5.74) is 6.59. The number of aliphatic hydroxyl groups is 1. The van der Waals surface area contributed by atoms with Gasteiger partial charge in [-0.1, -0.05) is 0 Å². The first-order valence-corrected chi connectivity index (χ1v) is 4.68. The summed E-state index contributed by atoms with van der Waals surface area (Å²) in [7, 11) is 3.08. The lowest BCUT2D eigenvalue weighted by Crippen LogP contribution is -2.15. The van der Waals surface area contributed by atoms with E-state index in [9.17, 15) is 0 Å². The van der Waals surface area contributed by atoms with E-state index in [2.05, 4.69) is 4.98 Å². The van der Waals surface area contributed by atoms with Gasteiger partial charge in [0.2, 0.25) is 5.88 Å². The molecule has 0 saturated heterocycles. The van der Waals surface area contributed by atoms with Gasteiger partial charge < -0.3 is 20.3 Å². The van der Waals surface area contributed by atoms with Gasteiger partial charge in [0.1, 0.15) is 5.75 Å². The molecule has 0 aliphatic rings. The molecule has 5 nitrogen and oxygen atoms in total. The molecule has 1 atom stereocenters. The van der Waals surface area contributed by atoms with Crippen molar-refractivity contribution in [3.05, 3.63) is 17.8 Å². The van der Waals surface area contributed by atoms with Crippen LogP contribution in [-0.2, 0) is 0 Å². The molecule has 84 valence electrons. The lowest BCUT2D eigenvalue weighted by Gasteiger charge is -2.16. The van der Waals surface area contributed by atoms with Crippen LogP contribution in [0.3, 0.4) is 0 Å². The van der Waals surface area contributed by atoms with E-state index in [4.69, 9.17) is 20.3 Å². The first-order valence-electron chi connectivity index (χ1n) is 4.68. The van der Waals surface area contributed by atoms with Crippen LogP contribution in [0.25, 0.3) is 0 Å². The molecule has 0 amide bonds. The van der Waals surface area contributed by atoms with Crippen molar-refractivity contribution in [2.24, 2.45) is 5.73 Å². The first kappa shape index (κ1) is 11.7. The third-order valence-electron chi connectivity index (χ3n) is 2.14. The van der Waals surface area contributed by atoms with Crippen molar-refractivity contribution in [3.63, 3.8) is 0 Å². The SMILES string of the molecule is COc1ccnc(OC)c1C(N)CCO. The molecule has 1 aromatic heterocycles. The molecule has 0 aromatic carbocycles. The van der Waals surface area contributed by atoms with Crippen molar-refractivity contribution in [2.75, 3.05) is 20.8 Å². The van der Waals surface area contributed by atoms with Crippen molar-refractivity contribution in [2.45, 2.75) is 12.5 Å². The second-order valence-corrected chi connectivity index (χ2v) is 3.05.